The van der Waals surface area contributed by atoms with Gasteiger partial charge in [-0.15, -0.1) is 0 Å². The summed E-state index contributed by atoms with van der Waals surface area (Å²) in [6, 6.07) is 6.41. The van der Waals surface area contributed by atoms with Crippen LogP contribution in [-0.4, -0.2) is 7.11 Å². The van der Waals surface area contributed by atoms with Crippen LogP contribution >= 0.6 is 0 Å². The van der Waals surface area contributed by atoms with Crippen LogP contribution in [0.2, 0.25) is 0 Å². The smallest absolute Gasteiger partial charge is 0.124 e. The van der Waals surface area contributed by atoms with Crippen molar-refractivity contribution < 1.29 is 4.74 Å². The average Bonchev–Trinajstić information content (AvgIpc) is 2.96. The molecule has 1 fully saturated rings. The van der Waals surface area contributed by atoms with Crippen molar-refractivity contribution in [2.24, 2.45) is 5.73 Å². The van der Waals surface area contributed by atoms with Crippen molar-refractivity contribution in [3.8, 4) is 5.75 Å². The van der Waals surface area contributed by atoms with E-state index in [2.05, 4.69) is 32.0 Å². The van der Waals surface area contributed by atoms with Crippen molar-refractivity contribution in [3.63, 3.8) is 0 Å². The van der Waals surface area contributed by atoms with E-state index in [4.69, 9.17) is 10.5 Å². The zero-order valence-corrected chi connectivity index (χ0v) is 9.71. The Labute approximate surface area is 91.4 Å². The zero-order chi connectivity index (χ0) is 11.1. The molecule has 0 bridgehead atoms. The van der Waals surface area contributed by atoms with Crippen molar-refractivity contribution in [3.05, 3.63) is 29.3 Å². The lowest BCUT2D eigenvalue weighted by Crippen LogP contribution is -2.19. The largest absolute Gasteiger partial charge is 0.496 e. The summed E-state index contributed by atoms with van der Waals surface area (Å²) in [6.07, 6.45) is 2.15. The summed E-state index contributed by atoms with van der Waals surface area (Å²) >= 11 is 0. The third-order valence-corrected chi connectivity index (χ3v) is 3.22. The van der Waals surface area contributed by atoms with Crippen molar-refractivity contribution in [1.29, 1.82) is 0 Å². The molecule has 0 saturated heterocycles. The maximum atomic E-state index is 6.19. The van der Waals surface area contributed by atoms with Crippen LogP contribution < -0.4 is 10.5 Å². The lowest BCUT2D eigenvalue weighted by molar-refractivity contribution is 0.403. The number of hydrogen-bond donors (Lipinski definition) is 1. The molecule has 1 aromatic rings. The Morgan fingerprint density at radius 2 is 2.00 bits per heavy atom. The van der Waals surface area contributed by atoms with Crippen LogP contribution in [0.5, 0.6) is 5.75 Å². The predicted molar refractivity (Wildman–Crippen MR) is 62.2 cm³/mol. The van der Waals surface area contributed by atoms with Gasteiger partial charge in [0, 0.05) is 11.1 Å². The molecule has 0 radical (unpaired) electrons. The Morgan fingerprint density at radius 3 is 2.47 bits per heavy atom. The van der Waals surface area contributed by atoms with Gasteiger partial charge in [0.05, 0.1) is 7.11 Å². The normalized spacial score (nSPS) is 17.9. The Hall–Kier alpha value is -1.02. The highest BCUT2D eigenvalue weighted by Gasteiger charge is 2.42. The van der Waals surface area contributed by atoms with Gasteiger partial charge < -0.3 is 10.5 Å². The Bertz CT molecular complexity index is 367. The highest BCUT2D eigenvalue weighted by atomic mass is 16.5. The van der Waals surface area contributed by atoms with Crippen LogP contribution in [0, 0.1) is 0 Å². The van der Waals surface area contributed by atoms with E-state index in [-0.39, 0.29) is 5.54 Å². The van der Waals surface area contributed by atoms with Gasteiger partial charge in [-0.25, -0.2) is 0 Å². The van der Waals surface area contributed by atoms with E-state index < -0.39 is 0 Å². The standard InChI is InChI=1S/C13H19NO/c1-9(2)10-4-5-11(12(8-10)15-3)13(14)6-7-13/h4-5,8-9H,6-7,14H2,1-3H3. The van der Waals surface area contributed by atoms with Gasteiger partial charge in [0.2, 0.25) is 0 Å². The van der Waals surface area contributed by atoms with Crippen molar-refractivity contribution in [2.45, 2.75) is 38.1 Å². The molecule has 15 heavy (non-hydrogen) atoms. The van der Waals surface area contributed by atoms with Gasteiger partial charge in [-0.05, 0) is 30.4 Å². The second kappa shape index (κ2) is 3.53. The van der Waals surface area contributed by atoms with E-state index in [1.807, 2.05) is 0 Å². The first-order valence-electron chi connectivity index (χ1n) is 5.54. The molecule has 0 amide bonds. The number of hydrogen-bond acceptors (Lipinski definition) is 2. The minimum Gasteiger partial charge on any atom is -0.496 e. The predicted octanol–water partition coefficient (Wildman–Crippen LogP) is 2.77. The third kappa shape index (κ3) is 1.86. The first-order valence-corrected chi connectivity index (χ1v) is 5.54. The fourth-order valence-electron chi connectivity index (χ4n) is 1.88. The van der Waals surface area contributed by atoms with Gasteiger partial charge in [-0.2, -0.15) is 0 Å². The Balaban J connectivity index is 2.40. The second-order valence-electron chi connectivity index (χ2n) is 4.77. The molecule has 2 rings (SSSR count). The summed E-state index contributed by atoms with van der Waals surface area (Å²) in [4.78, 5) is 0. The highest BCUT2D eigenvalue weighted by Crippen LogP contribution is 2.46. The van der Waals surface area contributed by atoms with E-state index in [1.165, 1.54) is 5.56 Å². The van der Waals surface area contributed by atoms with E-state index >= 15 is 0 Å². The fraction of sp³-hybridized carbons (Fsp3) is 0.538. The third-order valence-electron chi connectivity index (χ3n) is 3.22. The topological polar surface area (TPSA) is 35.2 Å². The van der Waals surface area contributed by atoms with Gasteiger partial charge >= 0.3 is 0 Å². The number of nitrogens with two attached hydrogens (primary N) is 1. The van der Waals surface area contributed by atoms with Crippen molar-refractivity contribution in [2.75, 3.05) is 7.11 Å². The van der Waals surface area contributed by atoms with Gasteiger partial charge in [-0.3, -0.25) is 0 Å². The van der Waals surface area contributed by atoms with E-state index in [0.717, 1.165) is 24.2 Å². The Kier molecular flexibility index (Phi) is 2.47. The Morgan fingerprint density at radius 1 is 1.33 bits per heavy atom. The molecule has 1 aliphatic carbocycles. The molecule has 1 saturated carbocycles. The van der Waals surface area contributed by atoms with Crippen LogP contribution in [0.3, 0.4) is 0 Å². The lowest BCUT2D eigenvalue weighted by atomic mass is 9.97. The van der Waals surface area contributed by atoms with Crippen LogP contribution in [0.4, 0.5) is 0 Å². The molecule has 82 valence electrons. The van der Waals surface area contributed by atoms with Crippen LogP contribution in [0.1, 0.15) is 43.7 Å². The van der Waals surface area contributed by atoms with Gasteiger partial charge in [0.1, 0.15) is 5.75 Å². The molecule has 0 spiro atoms. The molecule has 0 aromatic heterocycles. The quantitative estimate of drug-likeness (QED) is 0.823. The number of benzene rings is 1. The number of ether oxygens (including phenoxy) is 1. The number of methoxy groups -OCH3 is 1. The molecule has 0 aliphatic heterocycles. The molecular formula is C13H19NO. The molecule has 2 heteroatoms. The van der Waals surface area contributed by atoms with E-state index in [9.17, 15) is 0 Å². The first-order chi connectivity index (χ1) is 7.07. The van der Waals surface area contributed by atoms with Crippen LogP contribution in [0.15, 0.2) is 18.2 Å². The maximum absolute atomic E-state index is 6.19. The van der Waals surface area contributed by atoms with Crippen LogP contribution in [0.25, 0.3) is 0 Å². The van der Waals surface area contributed by atoms with Gasteiger partial charge in [0.15, 0.2) is 0 Å². The summed E-state index contributed by atoms with van der Waals surface area (Å²) < 4.78 is 5.42. The summed E-state index contributed by atoms with van der Waals surface area (Å²) in [6.45, 7) is 4.37. The van der Waals surface area contributed by atoms with Crippen molar-refractivity contribution in [1.82, 2.24) is 0 Å². The summed E-state index contributed by atoms with van der Waals surface area (Å²) in [5.41, 5.74) is 8.55. The lowest BCUT2D eigenvalue weighted by Gasteiger charge is -2.16. The molecule has 0 unspecified atom stereocenters. The zero-order valence-electron chi connectivity index (χ0n) is 9.71. The highest BCUT2D eigenvalue weighted by molar-refractivity contribution is 5.45. The summed E-state index contributed by atoms with van der Waals surface area (Å²) in [7, 11) is 1.72. The minimum absolute atomic E-state index is 0.110. The minimum atomic E-state index is -0.110. The van der Waals surface area contributed by atoms with Gasteiger partial charge in [0.25, 0.3) is 0 Å². The maximum Gasteiger partial charge on any atom is 0.124 e. The SMILES string of the molecule is COc1cc(C(C)C)ccc1C1(N)CC1. The molecule has 0 heterocycles. The summed E-state index contributed by atoms with van der Waals surface area (Å²) in [5, 5.41) is 0. The fourth-order valence-corrected chi connectivity index (χ4v) is 1.88. The summed E-state index contributed by atoms with van der Waals surface area (Å²) in [5.74, 6) is 1.47. The van der Waals surface area contributed by atoms with E-state index in [0.29, 0.717) is 5.92 Å². The van der Waals surface area contributed by atoms with Gasteiger partial charge in [-0.1, -0.05) is 26.0 Å². The second-order valence-corrected chi connectivity index (χ2v) is 4.77. The molecule has 2 N–H and O–H groups in total. The molecule has 2 nitrogen and oxygen atoms in total. The molecule has 1 aromatic carbocycles. The monoisotopic (exact) mass is 205 g/mol. The van der Waals surface area contributed by atoms with Crippen LogP contribution in [-0.2, 0) is 5.54 Å². The average molecular weight is 205 g/mol. The first kappa shape index (κ1) is 10.5. The van der Waals surface area contributed by atoms with E-state index in [1.54, 1.807) is 7.11 Å². The number of rotatable bonds is 3. The van der Waals surface area contributed by atoms with Crippen molar-refractivity contribution >= 4 is 0 Å². The molecule has 0 atom stereocenters. The molecular weight excluding hydrogens is 186 g/mol. The molecule has 1 aliphatic rings.